The fraction of sp³-hybridized carbons (Fsp3) is 0.833. The van der Waals surface area contributed by atoms with E-state index in [9.17, 15) is 5.11 Å². The highest BCUT2D eigenvalue weighted by Crippen LogP contribution is 2.34. The van der Waals surface area contributed by atoms with E-state index in [1.54, 1.807) is 5.54 Å². The van der Waals surface area contributed by atoms with E-state index in [1.807, 2.05) is 6.92 Å². The van der Waals surface area contributed by atoms with E-state index >= 15 is 0 Å². The predicted molar refractivity (Wildman–Crippen MR) is 61.4 cm³/mol. The van der Waals surface area contributed by atoms with Crippen molar-refractivity contribution in [1.29, 1.82) is 0 Å². The Kier molecular flexibility index (Phi) is 4.97. The molecule has 82 valence electrons. The Labute approximate surface area is 92.2 Å². The van der Waals surface area contributed by atoms with E-state index in [0.717, 1.165) is 18.8 Å². The summed E-state index contributed by atoms with van der Waals surface area (Å²) >= 11 is 5.65. The molecule has 3 atom stereocenters. The Hall–Kier alpha value is -0.0100. The highest BCUT2D eigenvalue weighted by atomic mass is 35.5. The minimum Gasteiger partial charge on any atom is -0.393 e. The van der Waals surface area contributed by atoms with Gasteiger partial charge in [0.05, 0.1) is 6.10 Å². The normalized spacial score (nSPS) is 34.6. The highest BCUT2D eigenvalue weighted by Gasteiger charge is 2.28. The lowest BCUT2D eigenvalue weighted by molar-refractivity contribution is 0.0475. The third-order valence-electron chi connectivity index (χ3n) is 3.40. The van der Waals surface area contributed by atoms with Crippen LogP contribution in [0.25, 0.3) is 0 Å². The van der Waals surface area contributed by atoms with Gasteiger partial charge in [0.1, 0.15) is 0 Å². The van der Waals surface area contributed by atoms with Gasteiger partial charge in [0.25, 0.3) is 0 Å². The van der Waals surface area contributed by atoms with Crippen LogP contribution in [0.5, 0.6) is 0 Å². The Morgan fingerprint density at radius 3 is 2.79 bits per heavy atom. The van der Waals surface area contributed by atoms with Crippen molar-refractivity contribution >= 4 is 11.6 Å². The molecular weight excluding hydrogens is 196 g/mol. The van der Waals surface area contributed by atoms with Gasteiger partial charge in [0, 0.05) is 5.54 Å². The van der Waals surface area contributed by atoms with E-state index in [0.29, 0.717) is 5.92 Å². The number of allylic oxidation sites excluding steroid dienone is 1. The van der Waals surface area contributed by atoms with Gasteiger partial charge in [-0.3, -0.25) is 0 Å². The van der Waals surface area contributed by atoms with Gasteiger partial charge in [-0.25, -0.2) is 0 Å². The van der Waals surface area contributed by atoms with E-state index < -0.39 is 0 Å². The lowest BCUT2D eigenvalue weighted by Crippen LogP contribution is -2.29. The molecule has 1 saturated carbocycles. The molecule has 0 aromatic rings. The first-order valence-electron chi connectivity index (χ1n) is 5.61. The fourth-order valence-corrected chi connectivity index (χ4v) is 2.48. The topological polar surface area (TPSA) is 20.2 Å². The van der Waals surface area contributed by atoms with Crippen molar-refractivity contribution in [3.05, 3.63) is 11.1 Å². The Balaban J connectivity index is 2.48. The molecule has 1 rings (SSSR count). The first-order chi connectivity index (χ1) is 6.67. The lowest BCUT2D eigenvalue weighted by Gasteiger charge is -2.33. The summed E-state index contributed by atoms with van der Waals surface area (Å²) in [7, 11) is 0. The highest BCUT2D eigenvalue weighted by molar-refractivity contribution is 6.25. The third kappa shape index (κ3) is 3.29. The second kappa shape index (κ2) is 5.77. The Bertz CT molecular complexity index is 200. The van der Waals surface area contributed by atoms with Crippen LogP contribution in [0, 0.1) is 11.8 Å². The Morgan fingerprint density at radius 1 is 1.50 bits per heavy atom. The summed E-state index contributed by atoms with van der Waals surface area (Å²) in [5, 5.41) is 9.86. The number of aliphatic hydroxyl groups is 1. The van der Waals surface area contributed by atoms with Gasteiger partial charge in [-0.1, -0.05) is 30.5 Å². The number of rotatable bonds is 3. The molecule has 14 heavy (non-hydrogen) atoms. The molecule has 1 nitrogen and oxygen atoms in total. The molecule has 1 aliphatic carbocycles. The molecule has 2 heteroatoms. The van der Waals surface area contributed by atoms with Crippen LogP contribution in [0.4, 0.5) is 0 Å². The molecule has 1 fully saturated rings. The van der Waals surface area contributed by atoms with Gasteiger partial charge >= 0.3 is 0 Å². The molecule has 0 amide bonds. The summed E-state index contributed by atoms with van der Waals surface area (Å²) in [6.45, 7) is 4.28. The van der Waals surface area contributed by atoms with Crippen LogP contribution in [0.2, 0.25) is 0 Å². The summed E-state index contributed by atoms with van der Waals surface area (Å²) in [4.78, 5) is 0. The second-order valence-electron chi connectivity index (χ2n) is 4.57. The molecule has 0 aliphatic heterocycles. The monoisotopic (exact) mass is 216 g/mol. The number of aliphatic hydroxyl groups excluding tert-OH is 1. The number of hydrogen-bond acceptors (Lipinski definition) is 1. The summed E-state index contributed by atoms with van der Waals surface area (Å²) < 4.78 is 0. The smallest absolute Gasteiger partial charge is 0.0571 e. The minimum atomic E-state index is -0.107. The minimum absolute atomic E-state index is 0.107. The maximum Gasteiger partial charge on any atom is 0.0571 e. The molecule has 0 radical (unpaired) electrons. The summed E-state index contributed by atoms with van der Waals surface area (Å²) in [5.74, 6) is 1.25. The molecule has 0 aromatic carbocycles. The SMILES string of the molecule is CCC1CCC(O)C(CC(C)=CCl)C1. The largest absolute Gasteiger partial charge is 0.393 e. The van der Waals surface area contributed by atoms with Gasteiger partial charge in [-0.15, -0.1) is 0 Å². The zero-order valence-electron chi connectivity index (χ0n) is 9.17. The predicted octanol–water partition coefficient (Wildman–Crippen LogP) is 3.71. The van der Waals surface area contributed by atoms with Crippen molar-refractivity contribution in [1.82, 2.24) is 0 Å². The number of hydrogen-bond donors (Lipinski definition) is 1. The van der Waals surface area contributed by atoms with E-state index in [2.05, 4.69) is 6.92 Å². The maximum atomic E-state index is 9.86. The van der Waals surface area contributed by atoms with Crippen molar-refractivity contribution in [2.75, 3.05) is 0 Å². The van der Waals surface area contributed by atoms with Gasteiger partial charge in [-0.2, -0.15) is 0 Å². The third-order valence-corrected chi connectivity index (χ3v) is 3.77. The first-order valence-corrected chi connectivity index (χ1v) is 6.05. The molecule has 0 spiro atoms. The summed E-state index contributed by atoms with van der Waals surface area (Å²) in [6.07, 6.45) is 5.42. The fourth-order valence-electron chi connectivity index (χ4n) is 2.39. The average molecular weight is 217 g/mol. The molecule has 0 aromatic heterocycles. The second-order valence-corrected chi connectivity index (χ2v) is 4.79. The van der Waals surface area contributed by atoms with E-state index in [1.165, 1.54) is 24.8 Å². The van der Waals surface area contributed by atoms with Crippen LogP contribution in [0.1, 0.15) is 46.0 Å². The molecule has 1 N–H and O–H groups in total. The van der Waals surface area contributed by atoms with Crippen molar-refractivity contribution < 1.29 is 5.11 Å². The molecular formula is C12H21ClO. The van der Waals surface area contributed by atoms with Crippen molar-refractivity contribution in [2.24, 2.45) is 11.8 Å². The van der Waals surface area contributed by atoms with Gasteiger partial charge in [0.2, 0.25) is 0 Å². The number of halogens is 1. The molecule has 0 bridgehead atoms. The molecule has 3 unspecified atom stereocenters. The van der Waals surface area contributed by atoms with Crippen molar-refractivity contribution in [2.45, 2.75) is 52.1 Å². The van der Waals surface area contributed by atoms with Crippen LogP contribution in [-0.2, 0) is 0 Å². The molecule has 0 heterocycles. The van der Waals surface area contributed by atoms with Gasteiger partial charge < -0.3 is 5.11 Å². The van der Waals surface area contributed by atoms with Gasteiger partial charge in [0.15, 0.2) is 0 Å². The van der Waals surface area contributed by atoms with E-state index in [4.69, 9.17) is 11.6 Å². The van der Waals surface area contributed by atoms with Crippen LogP contribution >= 0.6 is 11.6 Å². The standard InChI is InChI=1S/C12H21ClO/c1-3-10-4-5-12(14)11(7-10)6-9(2)8-13/h8,10-12,14H,3-7H2,1-2H3. The zero-order valence-corrected chi connectivity index (χ0v) is 9.93. The molecule has 1 aliphatic rings. The van der Waals surface area contributed by atoms with Crippen LogP contribution in [0.15, 0.2) is 11.1 Å². The van der Waals surface area contributed by atoms with Crippen molar-refractivity contribution in [3.8, 4) is 0 Å². The van der Waals surface area contributed by atoms with E-state index in [-0.39, 0.29) is 6.10 Å². The first kappa shape index (κ1) is 12.1. The summed E-state index contributed by atoms with van der Waals surface area (Å²) in [6, 6.07) is 0. The Morgan fingerprint density at radius 2 is 2.21 bits per heavy atom. The van der Waals surface area contributed by atoms with Crippen molar-refractivity contribution in [3.63, 3.8) is 0 Å². The zero-order chi connectivity index (χ0) is 10.6. The molecule has 0 saturated heterocycles. The van der Waals surface area contributed by atoms with Crippen LogP contribution in [0.3, 0.4) is 0 Å². The maximum absolute atomic E-state index is 9.86. The quantitative estimate of drug-likeness (QED) is 0.763. The summed E-state index contributed by atoms with van der Waals surface area (Å²) in [5.41, 5.74) is 2.83. The lowest BCUT2D eigenvalue weighted by atomic mass is 9.76. The van der Waals surface area contributed by atoms with Crippen LogP contribution < -0.4 is 0 Å². The van der Waals surface area contributed by atoms with Crippen LogP contribution in [-0.4, -0.2) is 11.2 Å². The van der Waals surface area contributed by atoms with Gasteiger partial charge in [-0.05, 0) is 44.4 Å². The average Bonchev–Trinajstić information content (AvgIpc) is 2.21.